The molecule has 0 fully saturated rings. The van der Waals surface area contributed by atoms with Gasteiger partial charge in [0.25, 0.3) is 0 Å². The van der Waals surface area contributed by atoms with E-state index in [4.69, 9.17) is 11.1 Å². The Balaban J connectivity index is 3.00. The maximum Gasteiger partial charge on any atom is 0.0850 e. The minimum Gasteiger partial charge on any atom is -0.379 e. The zero-order valence-corrected chi connectivity index (χ0v) is 4.40. The lowest BCUT2D eigenvalue weighted by atomic mass is 10.4. The lowest BCUT2D eigenvalue weighted by Crippen LogP contribution is -2.17. The van der Waals surface area contributed by atoms with E-state index in [-0.39, 0.29) is 0 Å². The molecule has 0 radical (unpaired) electrons. The van der Waals surface area contributed by atoms with Crippen molar-refractivity contribution in [1.29, 1.82) is 5.41 Å². The van der Waals surface area contributed by atoms with Gasteiger partial charge in [0, 0.05) is 19.4 Å². The van der Waals surface area contributed by atoms with Gasteiger partial charge in [-0.2, -0.15) is 0 Å². The second-order valence-electron chi connectivity index (χ2n) is 1.24. The average Bonchev–Trinajstić information content (AvgIpc) is 1.68. The molecule has 0 bridgehead atoms. The number of hydrogen-bond donors (Lipinski definition) is 2. The zero-order chi connectivity index (χ0) is 5.70. The summed E-state index contributed by atoms with van der Waals surface area (Å²) in [5, 5.41) is 6.89. The summed E-state index contributed by atoms with van der Waals surface area (Å²) >= 11 is 0. The van der Waals surface area contributed by atoms with Gasteiger partial charge in [0.2, 0.25) is 0 Å². The SMILES string of the molecule is COCC(=N)CN. The standard InChI is InChI=1S/C4H10N2O/c1-7-3-4(6)2-5/h6H,2-3,5H2,1H3. The molecule has 7 heavy (non-hydrogen) atoms. The van der Waals surface area contributed by atoms with E-state index in [1.807, 2.05) is 0 Å². The summed E-state index contributed by atoms with van der Waals surface area (Å²) in [5.74, 6) is 0. The molecule has 3 nitrogen and oxygen atoms in total. The molecule has 0 rings (SSSR count). The molecule has 0 aliphatic heterocycles. The number of ether oxygens (including phenoxy) is 1. The number of rotatable bonds is 3. The van der Waals surface area contributed by atoms with E-state index in [1.54, 1.807) is 7.11 Å². The topological polar surface area (TPSA) is 59.1 Å². The van der Waals surface area contributed by atoms with Crippen molar-refractivity contribution in [2.45, 2.75) is 0 Å². The number of methoxy groups -OCH3 is 1. The van der Waals surface area contributed by atoms with Gasteiger partial charge in [-0.3, -0.25) is 0 Å². The van der Waals surface area contributed by atoms with Crippen molar-refractivity contribution in [2.24, 2.45) is 5.73 Å². The lowest BCUT2D eigenvalue weighted by Gasteiger charge is -1.94. The molecule has 0 heterocycles. The molecule has 0 aromatic carbocycles. The van der Waals surface area contributed by atoms with Crippen molar-refractivity contribution in [3.8, 4) is 0 Å². The van der Waals surface area contributed by atoms with Crippen LogP contribution in [0.2, 0.25) is 0 Å². The molecule has 0 aliphatic carbocycles. The minimum absolute atomic E-state index is 0.299. The third kappa shape index (κ3) is 3.42. The van der Waals surface area contributed by atoms with E-state index in [0.29, 0.717) is 18.9 Å². The smallest absolute Gasteiger partial charge is 0.0850 e. The molecule has 0 aromatic rings. The highest BCUT2D eigenvalue weighted by atomic mass is 16.5. The first-order valence-corrected chi connectivity index (χ1v) is 2.06. The molecule has 0 atom stereocenters. The van der Waals surface area contributed by atoms with Crippen molar-refractivity contribution in [2.75, 3.05) is 20.3 Å². The Morgan fingerprint density at radius 1 is 1.86 bits per heavy atom. The van der Waals surface area contributed by atoms with Gasteiger partial charge < -0.3 is 15.9 Å². The van der Waals surface area contributed by atoms with Crippen molar-refractivity contribution < 1.29 is 4.74 Å². The second-order valence-corrected chi connectivity index (χ2v) is 1.24. The molecule has 0 saturated carbocycles. The van der Waals surface area contributed by atoms with E-state index in [9.17, 15) is 0 Å². The van der Waals surface area contributed by atoms with E-state index < -0.39 is 0 Å². The fraction of sp³-hybridized carbons (Fsp3) is 0.750. The van der Waals surface area contributed by atoms with Gasteiger partial charge in [-0.05, 0) is 0 Å². The molecule has 42 valence electrons. The van der Waals surface area contributed by atoms with Gasteiger partial charge in [-0.1, -0.05) is 0 Å². The van der Waals surface area contributed by atoms with Gasteiger partial charge in [0.1, 0.15) is 0 Å². The molecule has 0 saturated heterocycles. The maximum atomic E-state index is 6.89. The van der Waals surface area contributed by atoms with Crippen LogP contribution in [0, 0.1) is 5.41 Å². The van der Waals surface area contributed by atoms with Crippen LogP contribution in [-0.4, -0.2) is 26.0 Å². The van der Waals surface area contributed by atoms with Gasteiger partial charge in [0.05, 0.1) is 6.61 Å². The predicted molar refractivity (Wildman–Crippen MR) is 28.7 cm³/mol. The van der Waals surface area contributed by atoms with Crippen molar-refractivity contribution >= 4 is 5.71 Å². The number of nitrogens with two attached hydrogens (primary N) is 1. The molecular weight excluding hydrogens is 92.1 g/mol. The summed E-state index contributed by atoms with van der Waals surface area (Å²) in [7, 11) is 1.55. The van der Waals surface area contributed by atoms with Crippen LogP contribution in [0.3, 0.4) is 0 Å². The molecule has 0 spiro atoms. The van der Waals surface area contributed by atoms with E-state index >= 15 is 0 Å². The van der Waals surface area contributed by atoms with Crippen molar-refractivity contribution in [1.82, 2.24) is 0 Å². The van der Waals surface area contributed by atoms with E-state index in [0.717, 1.165) is 0 Å². The van der Waals surface area contributed by atoms with Crippen LogP contribution in [0.15, 0.2) is 0 Å². The van der Waals surface area contributed by atoms with Crippen LogP contribution in [0.5, 0.6) is 0 Å². The molecule has 0 amide bonds. The summed E-state index contributed by atoms with van der Waals surface area (Å²) in [4.78, 5) is 0. The number of nitrogens with one attached hydrogen (secondary N) is 1. The minimum atomic E-state index is 0.299. The largest absolute Gasteiger partial charge is 0.379 e. The third-order valence-corrected chi connectivity index (χ3v) is 0.565. The summed E-state index contributed by atoms with van der Waals surface area (Å²) in [6.07, 6.45) is 0. The zero-order valence-electron chi connectivity index (χ0n) is 4.40. The Morgan fingerprint density at radius 3 is 2.57 bits per heavy atom. The average molecular weight is 102 g/mol. The predicted octanol–water partition coefficient (Wildman–Crippen LogP) is -0.389. The summed E-state index contributed by atoms with van der Waals surface area (Å²) in [6, 6.07) is 0. The van der Waals surface area contributed by atoms with Crippen molar-refractivity contribution in [3.05, 3.63) is 0 Å². The van der Waals surface area contributed by atoms with Gasteiger partial charge in [0.15, 0.2) is 0 Å². The third-order valence-electron chi connectivity index (χ3n) is 0.565. The van der Waals surface area contributed by atoms with E-state index in [1.165, 1.54) is 0 Å². The highest BCUT2D eigenvalue weighted by Crippen LogP contribution is 1.67. The van der Waals surface area contributed by atoms with Crippen LogP contribution in [0.1, 0.15) is 0 Å². The Morgan fingerprint density at radius 2 is 2.43 bits per heavy atom. The summed E-state index contributed by atoms with van der Waals surface area (Å²) < 4.78 is 4.59. The Kier molecular flexibility index (Phi) is 3.55. The maximum absolute atomic E-state index is 6.89. The van der Waals surface area contributed by atoms with Crippen molar-refractivity contribution in [3.63, 3.8) is 0 Å². The highest BCUT2D eigenvalue weighted by molar-refractivity contribution is 5.84. The fourth-order valence-corrected chi connectivity index (χ4v) is 0.233. The second kappa shape index (κ2) is 3.77. The first kappa shape index (κ1) is 6.59. The molecular formula is C4H10N2O. The molecule has 3 heteroatoms. The Bertz CT molecular complexity index is 62.7. The highest BCUT2D eigenvalue weighted by Gasteiger charge is 1.86. The van der Waals surface area contributed by atoms with Crippen LogP contribution < -0.4 is 5.73 Å². The summed E-state index contributed by atoms with van der Waals surface area (Å²) in [5.41, 5.74) is 5.49. The molecule has 3 N–H and O–H groups in total. The van der Waals surface area contributed by atoms with Crippen LogP contribution >= 0.6 is 0 Å². The lowest BCUT2D eigenvalue weighted by molar-refractivity contribution is 0.244. The molecule has 0 unspecified atom stereocenters. The molecule has 0 aromatic heterocycles. The monoisotopic (exact) mass is 102 g/mol. The first-order valence-electron chi connectivity index (χ1n) is 2.06. The number of hydrogen-bond acceptors (Lipinski definition) is 3. The Hall–Kier alpha value is -0.410. The first-order chi connectivity index (χ1) is 3.31. The van der Waals surface area contributed by atoms with Gasteiger partial charge >= 0.3 is 0 Å². The normalized spacial score (nSPS) is 8.86. The Labute approximate surface area is 43.0 Å². The fourth-order valence-electron chi connectivity index (χ4n) is 0.233. The van der Waals surface area contributed by atoms with Crippen LogP contribution in [0.4, 0.5) is 0 Å². The molecule has 0 aliphatic rings. The van der Waals surface area contributed by atoms with Crippen LogP contribution in [0.25, 0.3) is 0 Å². The van der Waals surface area contributed by atoms with Crippen LogP contribution in [-0.2, 0) is 4.74 Å². The van der Waals surface area contributed by atoms with Gasteiger partial charge in [-0.25, -0.2) is 0 Å². The van der Waals surface area contributed by atoms with Gasteiger partial charge in [-0.15, -0.1) is 0 Å². The quantitative estimate of drug-likeness (QED) is 0.477. The van der Waals surface area contributed by atoms with E-state index in [2.05, 4.69) is 4.74 Å². The summed E-state index contributed by atoms with van der Waals surface area (Å²) in [6.45, 7) is 0.657.